The van der Waals surface area contributed by atoms with Gasteiger partial charge in [-0.1, -0.05) is 57.7 Å². The molecule has 2 heteroatoms. The molecule has 2 N–H and O–H groups in total. The van der Waals surface area contributed by atoms with Crippen molar-refractivity contribution in [2.45, 2.75) is 58.4 Å². The van der Waals surface area contributed by atoms with Gasteiger partial charge in [-0.25, -0.2) is 0 Å². The molecule has 0 unspecified atom stereocenters. The van der Waals surface area contributed by atoms with E-state index in [2.05, 4.69) is 19.9 Å². The minimum absolute atomic E-state index is 0.0845. The van der Waals surface area contributed by atoms with Gasteiger partial charge >= 0.3 is 0 Å². The van der Waals surface area contributed by atoms with Crippen molar-refractivity contribution in [2.24, 2.45) is 5.73 Å². The summed E-state index contributed by atoms with van der Waals surface area (Å²) < 4.78 is 5.86. The molecule has 0 bridgehead atoms. The number of hydrogen-bond acceptors (Lipinski definition) is 2. The van der Waals surface area contributed by atoms with Crippen molar-refractivity contribution >= 4 is 0 Å². The zero-order chi connectivity index (χ0) is 13.2. The van der Waals surface area contributed by atoms with E-state index < -0.39 is 0 Å². The highest BCUT2D eigenvalue weighted by Crippen LogP contribution is 2.25. The molecule has 0 aliphatic rings. The summed E-state index contributed by atoms with van der Waals surface area (Å²) in [6, 6.07) is 8.22. The van der Waals surface area contributed by atoms with E-state index in [4.69, 9.17) is 10.5 Å². The van der Waals surface area contributed by atoms with Gasteiger partial charge in [0.1, 0.15) is 5.75 Å². The third-order valence-corrected chi connectivity index (χ3v) is 3.26. The molecule has 0 fully saturated rings. The molecule has 102 valence electrons. The molecule has 1 rings (SSSR count). The molecule has 0 heterocycles. The average Bonchev–Trinajstić information content (AvgIpc) is 2.42. The van der Waals surface area contributed by atoms with Crippen LogP contribution in [0.4, 0.5) is 0 Å². The molecule has 0 aliphatic heterocycles. The van der Waals surface area contributed by atoms with E-state index in [0.717, 1.165) is 30.8 Å². The number of rotatable bonds is 9. The van der Waals surface area contributed by atoms with Gasteiger partial charge in [-0.15, -0.1) is 0 Å². The van der Waals surface area contributed by atoms with Crippen molar-refractivity contribution < 1.29 is 4.74 Å². The first-order valence-electron chi connectivity index (χ1n) is 7.26. The number of unbranched alkanes of at least 4 members (excludes halogenated alkanes) is 4. The Hall–Kier alpha value is -1.02. The fourth-order valence-electron chi connectivity index (χ4n) is 2.03. The summed E-state index contributed by atoms with van der Waals surface area (Å²) in [5.74, 6) is 0.961. The second kappa shape index (κ2) is 8.98. The van der Waals surface area contributed by atoms with Gasteiger partial charge in [0.2, 0.25) is 0 Å². The van der Waals surface area contributed by atoms with Crippen LogP contribution in [0.5, 0.6) is 5.75 Å². The summed E-state index contributed by atoms with van der Waals surface area (Å²) in [4.78, 5) is 0. The Bertz CT molecular complexity index is 325. The molecule has 0 aliphatic carbocycles. The molecule has 0 radical (unpaired) electrons. The lowest BCUT2D eigenvalue weighted by Gasteiger charge is -2.15. The zero-order valence-electron chi connectivity index (χ0n) is 11.8. The Morgan fingerprint density at radius 2 is 1.78 bits per heavy atom. The smallest absolute Gasteiger partial charge is 0.124 e. The summed E-state index contributed by atoms with van der Waals surface area (Å²) in [6.45, 7) is 5.14. The first-order chi connectivity index (χ1) is 8.79. The van der Waals surface area contributed by atoms with E-state index in [9.17, 15) is 0 Å². The summed E-state index contributed by atoms with van der Waals surface area (Å²) in [7, 11) is 0. The molecule has 0 aromatic heterocycles. The van der Waals surface area contributed by atoms with Gasteiger partial charge in [0.05, 0.1) is 6.61 Å². The van der Waals surface area contributed by atoms with Crippen LogP contribution in [0, 0.1) is 0 Å². The molecular formula is C16H27NO. The number of nitrogens with two attached hydrogens (primary N) is 1. The normalized spacial score (nSPS) is 12.4. The minimum atomic E-state index is 0.0845. The van der Waals surface area contributed by atoms with Crippen molar-refractivity contribution in [1.29, 1.82) is 0 Å². The third kappa shape index (κ3) is 5.09. The van der Waals surface area contributed by atoms with Gasteiger partial charge < -0.3 is 10.5 Å². The van der Waals surface area contributed by atoms with Crippen molar-refractivity contribution in [1.82, 2.24) is 0 Å². The van der Waals surface area contributed by atoms with Gasteiger partial charge in [0.25, 0.3) is 0 Å². The Labute approximate surface area is 112 Å². The first kappa shape index (κ1) is 15.0. The lowest BCUT2D eigenvalue weighted by atomic mass is 10.0. The molecule has 1 aromatic carbocycles. The van der Waals surface area contributed by atoms with Crippen LogP contribution in [0.1, 0.15) is 64.0 Å². The van der Waals surface area contributed by atoms with Crippen LogP contribution >= 0.6 is 0 Å². The number of ether oxygens (including phenoxy) is 1. The number of hydrogen-bond donors (Lipinski definition) is 1. The fourth-order valence-corrected chi connectivity index (χ4v) is 2.03. The molecule has 0 saturated heterocycles. The third-order valence-electron chi connectivity index (χ3n) is 3.26. The molecule has 2 nitrogen and oxygen atoms in total. The molecule has 0 spiro atoms. The highest BCUT2D eigenvalue weighted by atomic mass is 16.5. The lowest BCUT2D eigenvalue weighted by Crippen LogP contribution is -2.11. The largest absolute Gasteiger partial charge is 0.493 e. The van der Waals surface area contributed by atoms with Gasteiger partial charge in [0, 0.05) is 11.6 Å². The predicted molar refractivity (Wildman–Crippen MR) is 77.9 cm³/mol. The van der Waals surface area contributed by atoms with E-state index in [-0.39, 0.29) is 6.04 Å². The number of para-hydroxylation sites is 1. The topological polar surface area (TPSA) is 35.2 Å². The quantitative estimate of drug-likeness (QED) is 0.656. The van der Waals surface area contributed by atoms with Crippen molar-refractivity contribution in [3.63, 3.8) is 0 Å². The maximum absolute atomic E-state index is 6.09. The first-order valence-corrected chi connectivity index (χ1v) is 7.26. The van der Waals surface area contributed by atoms with E-state index in [1.165, 1.54) is 25.7 Å². The van der Waals surface area contributed by atoms with Gasteiger partial charge in [-0.3, -0.25) is 0 Å². The molecular weight excluding hydrogens is 222 g/mol. The van der Waals surface area contributed by atoms with Gasteiger partial charge in [-0.2, -0.15) is 0 Å². The highest BCUT2D eigenvalue weighted by molar-refractivity contribution is 5.35. The monoisotopic (exact) mass is 249 g/mol. The second-order valence-corrected chi connectivity index (χ2v) is 4.82. The van der Waals surface area contributed by atoms with Crippen LogP contribution in [0.2, 0.25) is 0 Å². The van der Waals surface area contributed by atoms with Crippen molar-refractivity contribution in [2.75, 3.05) is 6.61 Å². The van der Waals surface area contributed by atoms with Crippen LogP contribution in [0.15, 0.2) is 24.3 Å². The van der Waals surface area contributed by atoms with Crippen molar-refractivity contribution in [3.05, 3.63) is 29.8 Å². The lowest BCUT2D eigenvalue weighted by molar-refractivity contribution is 0.299. The standard InChI is InChI=1S/C16H27NO/c1-3-5-6-7-10-13-18-16-12-9-8-11-14(16)15(17)4-2/h8-9,11-12,15H,3-7,10,13,17H2,1-2H3/t15-/m0/s1. The van der Waals surface area contributed by atoms with Crippen LogP contribution in [0.25, 0.3) is 0 Å². The Morgan fingerprint density at radius 3 is 2.50 bits per heavy atom. The summed E-state index contributed by atoms with van der Waals surface area (Å²) >= 11 is 0. The Balaban J connectivity index is 2.37. The van der Waals surface area contributed by atoms with Crippen LogP contribution < -0.4 is 10.5 Å². The Kier molecular flexibility index (Phi) is 7.51. The number of benzene rings is 1. The zero-order valence-corrected chi connectivity index (χ0v) is 11.8. The van der Waals surface area contributed by atoms with E-state index in [1.54, 1.807) is 0 Å². The van der Waals surface area contributed by atoms with E-state index in [1.807, 2.05) is 18.2 Å². The molecule has 1 atom stereocenters. The molecule has 0 saturated carbocycles. The Morgan fingerprint density at radius 1 is 1.06 bits per heavy atom. The maximum atomic E-state index is 6.09. The minimum Gasteiger partial charge on any atom is -0.493 e. The van der Waals surface area contributed by atoms with Crippen LogP contribution in [-0.4, -0.2) is 6.61 Å². The van der Waals surface area contributed by atoms with E-state index in [0.29, 0.717) is 0 Å². The fraction of sp³-hybridized carbons (Fsp3) is 0.625. The SMILES string of the molecule is CCCCCCCOc1ccccc1[C@@H](N)CC. The molecule has 1 aromatic rings. The molecule has 0 amide bonds. The summed E-state index contributed by atoms with van der Waals surface area (Å²) in [6.07, 6.45) is 7.27. The second-order valence-electron chi connectivity index (χ2n) is 4.82. The van der Waals surface area contributed by atoms with Crippen molar-refractivity contribution in [3.8, 4) is 5.75 Å². The van der Waals surface area contributed by atoms with Gasteiger partial charge in [0.15, 0.2) is 0 Å². The summed E-state index contributed by atoms with van der Waals surface area (Å²) in [5, 5.41) is 0. The predicted octanol–water partition coefficient (Wildman–Crippen LogP) is 4.45. The van der Waals surface area contributed by atoms with Crippen LogP contribution in [-0.2, 0) is 0 Å². The van der Waals surface area contributed by atoms with Crippen LogP contribution in [0.3, 0.4) is 0 Å². The van der Waals surface area contributed by atoms with E-state index >= 15 is 0 Å². The average molecular weight is 249 g/mol. The maximum Gasteiger partial charge on any atom is 0.124 e. The summed E-state index contributed by atoms with van der Waals surface area (Å²) in [5.41, 5.74) is 7.22. The van der Waals surface area contributed by atoms with Gasteiger partial charge in [-0.05, 0) is 18.9 Å². The molecule has 18 heavy (non-hydrogen) atoms. The highest BCUT2D eigenvalue weighted by Gasteiger charge is 2.09.